The minimum Gasteiger partial charge on any atom is -0.481 e. The number of halogens is 2. The molecule has 6 heteroatoms. The van der Waals surface area contributed by atoms with E-state index < -0.39 is 23.6 Å². The molecule has 1 atom stereocenters. The molecular weight excluding hydrogens is 206 g/mol. The largest absolute Gasteiger partial charge is 0.481 e. The van der Waals surface area contributed by atoms with E-state index in [1.165, 1.54) is 13.0 Å². The van der Waals surface area contributed by atoms with E-state index in [1.54, 1.807) is 0 Å². The van der Waals surface area contributed by atoms with Crippen molar-refractivity contribution in [1.82, 2.24) is 5.43 Å². The predicted octanol–water partition coefficient (Wildman–Crippen LogP) is 0.722. The molecule has 4 nitrogen and oxygen atoms in total. The molecule has 1 rings (SSSR count). The van der Waals surface area contributed by atoms with Gasteiger partial charge in [0.1, 0.15) is 5.75 Å². The van der Waals surface area contributed by atoms with Gasteiger partial charge in [0.2, 0.25) is 0 Å². The van der Waals surface area contributed by atoms with Crippen LogP contribution in [0.5, 0.6) is 5.75 Å². The third kappa shape index (κ3) is 2.88. The molecule has 1 aromatic rings. The number of hydrogen-bond donors (Lipinski definition) is 2. The second kappa shape index (κ2) is 4.70. The fourth-order valence-electron chi connectivity index (χ4n) is 0.925. The van der Waals surface area contributed by atoms with Gasteiger partial charge in [0.15, 0.2) is 17.7 Å². The van der Waals surface area contributed by atoms with Gasteiger partial charge in [-0.1, -0.05) is 0 Å². The average molecular weight is 216 g/mol. The molecular formula is C9H10F2N2O2. The number of amides is 1. The highest BCUT2D eigenvalue weighted by molar-refractivity contribution is 5.79. The summed E-state index contributed by atoms with van der Waals surface area (Å²) in [5, 5.41) is 0. The molecule has 0 radical (unpaired) electrons. The van der Waals surface area contributed by atoms with Gasteiger partial charge in [-0.25, -0.2) is 14.6 Å². The topological polar surface area (TPSA) is 64.3 Å². The van der Waals surface area contributed by atoms with Crippen LogP contribution >= 0.6 is 0 Å². The summed E-state index contributed by atoms with van der Waals surface area (Å²) < 4.78 is 30.3. The maximum atomic E-state index is 12.7. The van der Waals surface area contributed by atoms with Crippen LogP contribution in [-0.2, 0) is 4.79 Å². The third-order valence-electron chi connectivity index (χ3n) is 1.72. The molecule has 0 fully saturated rings. The Morgan fingerprint density at radius 3 is 2.67 bits per heavy atom. The molecule has 1 unspecified atom stereocenters. The Bertz CT molecular complexity index is 371. The molecule has 15 heavy (non-hydrogen) atoms. The molecule has 0 aromatic heterocycles. The Labute approximate surface area is 85.0 Å². The second-order valence-electron chi connectivity index (χ2n) is 2.84. The van der Waals surface area contributed by atoms with Crippen molar-refractivity contribution < 1.29 is 18.3 Å². The molecule has 0 spiro atoms. The first-order valence-electron chi connectivity index (χ1n) is 4.16. The summed E-state index contributed by atoms with van der Waals surface area (Å²) in [5.74, 6) is 2.36. The van der Waals surface area contributed by atoms with Crippen LogP contribution < -0.4 is 16.0 Å². The van der Waals surface area contributed by atoms with E-state index in [0.29, 0.717) is 0 Å². The van der Waals surface area contributed by atoms with Crippen molar-refractivity contribution >= 4 is 5.91 Å². The first-order chi connectivity index (χ1) is 7.04. The molecule has 0 saturated carbocycles. The Morgan fingerprint density at radius 1 is 1.47 bits per heavy atom. The van der Waals surface area contributed by atoms with E-state index in [1.807, 2.05) is 5.43 Å². The summed E-state index contributed by atoms with van der Waals surface area (Å²) in [5.41, 5.74) is 1.88. The second-order valence-corrected chi connectivity index (χ2v) is 2.84. The Hall–Kier alpha value is -1.69. The highest BCUT2D eigenvalue weighted by atomic mass is 19.2. The molecule has 0 saturated heterocycles. The molecule has 0 heterocycles. The Balaban J connectivity index is 2.73. The molecule has 1 aromatic carbocycles. The van der Waals surface area contributed by atoms with Crippen LogP contribution in [0, 0.1) is 11.6 Å². The summed E-state index contributed by atoms with van der Waals surface area (Å²) in [6.07, 6.45) is -0.875. The minimum atomic E-state index is -1.03. The summed E-state index contributed by atoms with van der Waals surface area (Å²) in [6, 6.07) is 2.99. The normalized spacial score (nSPS) is 12.0. The molecule has 3 N–H and O–H groups in total. The van der Waals surface area contributed by atoms with Gasteiger partial charge in [-0.15, -0.1) is 0 Å². The van der Waals surface area contributed by atoms with Gasteiger partial charge in [0, 0.05) is 6.07 Å². The van der Waals surface area contributed by atoms with Crippen LogP contribution in [0.4, 0.5) is 8.78 Å². The molecule has 1 amide bonds. The van der Waals surface area contributed by atoms with Gasteiger partial charge in [0.25, 0.3) is 5.91 Å². The van der Waals surface area contributed by atoms with E-state index >= 15 is 0 Å². The fourth-order valence-corrected chi connectivity index (χ4v) is 0.925. The number of rotatable bonds is 3. The van der Waals surface area contributed by atoms with Gasteiger partial charge in [-0.05, 0) is 19.1 Å². The van der Waals surface area contributed by atoms with Crippen molar-refractivity contribution in [2.75, 3.05) is 0 Å². The van der Waals surface area contributed by atoms with Crippen LogP contribution in [0.25, 0.3) is 0 Å². The van der Waals surface area contributed by atoms with Crippen LogP contribution in [0.2, 0.25) is 0 Å². The summed E-state index contributed by atoms with van der Waals surface area (Å²) in [4.78, 5) is 10.9. The van der Waals surface area contributed by atoms with Crippen molar-refractivity contribution in [2.24, 2.45) is 5.84 Å². The lowest BCUT2D eigenvalue weighted by molar-refractivity contribution is -0.127. The van der Waals surface area contributed by atoms with Crippen LogP contribution in [0.3, 0.4) is 0 Å². The number of benzene rings is 1. The monoisotopic (exact) mass is 216 g/mol. The zero-order chi connectivity index (χ0) is 11.4. The zero-order valence-electron chi connectivity index (χ0n) is 7.96. The lowest BCUT2D eigenvalue weighted by atomic mass is 10.3. The number of hydrazine groups is 1. The average Bonchev–Trinajstić information content (AvgIpc) is 2.22. The minimum absolute atomic E-state index is 0.0602. The molecule has 0 aliphatic heterocycles. The zero-order valence-corrected chi connectivity index (χ0v) is 7.96. The molecule has 0 aliphatic rings. The third-order valence-corrected chi connectivity index (χ3v) is 1.72. The maximum absolute atomic E-state index is 12.7. The highest BCUT2D eigenvalue weighted by Gasteiger charge is 2.13. The Kier molecular flexibility index (Phi) is 3.56. The standard InChI is InChI=1S/C9H10F2N2O2/c1-5(9(14)13-12)15-6-2-3-7(10)8(11)4-6/h2-5H,12H2,1H3,(H,13,14). The molecule has 0 bridgehead atoms. The number of nitrogens with one attached hydrogen (secondary N) is 1. The number of hydrogen-bond acceptors (Lipinski definition) is 3. The summed E-state index contributed by atoms with van der Waals surface area (Å²) in [6.45, 7) is 1.43. The van der Waals surface area contributed by atoms with Gasteiger partial charge >= 0.3 is 0 Å². The van der Waals surface area contributed by atoms with E-state index in [2.05, 4.69) is 0 Å². The van der Waals surface area contributed by atoms with Crippen molar-refractivity contribution in [2.45, 2.75) is 13.0 Å². The first kappa shape index (κ1) is 11.4. The van der Waals surface area contributed by atoms with Gasteiger partial charge in [0.05, 0.1) is 0 Å². The molecule has 82 valence electrons. The predicted molar refractivity (Wildman–Crippen MR) is 48.8 cm³/mol. The quantitative estimate of drug-likeness (QED) is 0.444. The fraction of sp³-hybridized carbons (Fsp3) is 0.222. The number of carbonyl (C=O) groups is 1. The van der Waals surface area contributed by atoms with Gasteiger partial charge in [-0.3, -0.25) is 10.2 Å². The van der Waals surface area contributed by atoms with E-state index in [0.717, 1.165) is 12.1 Å². The number of carbonyl (C=O) groups excluding carboxylic acids is 1. The van der Waals surface area contributed by atoms with Crippen molar-refractivity contribution in [3.05, 3.63) is 29.8 Å². The van der Waals surface area contributed by atoms with Crippen LogP contribution in [0.1, 0.15) is 6.92 Å². The van der Waals surface area contributed by atoms with E-state index in [-0.39, 0.29) is 5.75 Å². The van der Waals surface area contributed by atoms with Crippen molar-refractivity contribution in [1.29, 1.82) is 0 Å². The van der Waals surface area contributed by atoms with Crippen LogP contribution in [0.15, 0.2) is 18.2 Å². The smallest absolute Gasteiger partial charge is 0.274 e. The van der Waals surface area contributed by atoms with E-state index in [9.17, 15) is 13.6 Å². The Morgan fingerprint density at radius 2 is 2.13 bits per heavy atom. The first-order valence-corrected chi connectivity index (χ1v) is 4.16. The van der Waals surface area contributed by atoms with Crippen LogP contribution in [-0.4, -0.2) is 12.0 Å². The van der Waals surface area contributed by atoms with Gasteiger partial charge in [-0.2, -0.15) is 0 Å². The number of ether oxygens (including phenoxy) is 1. The highest BCUT2D eigenvalue weighted by Crippen LogP contribution is 2.16. The lowest BCUT2D eigenvalue weighted by Gasteiger charge is -2.12. The molecule has 0 aliphatic carbocycles. The summed E-state index contributed by atoms with van der Waals surface area (Å²) in [7, 11) is 0. The maximum Gasteiger partial charge on any atom is 0.274 e. The van der Waals surface area contributed by atoms with Crippen molar-refractivity contribution in [3.63, 3.8) is 0 Å². The van der Waals surface area contributed by atoms with E-state index in [4.69, 9.17) is 10.6 Å². The summed E-state index contributed by atoms with van der Waals surface area (Å²) >= 11 is 0. The lowest BCUT2D eigenvalue weighted by Crippen LogP contribution is -2.40. The number of nitrogens with two attached hydrogens (primary N) is 1. The van der Waals surface area contributed by atoms with Crippen molar-refractivity contribution in [3.8, 4) is 5.75 Å². The SMILES string of the molecule is CC(Oc1ccc(F)c(F)c1)C(=O)NN. The van der Waals surface area contributed by atoms with Gasteiger partial charge < -0.3 is 4.74 Å².